The van der Waals surface area contributed by atoms with Gasteiger partial charge in [0.05, 0.1) is 12.2 Å². The van der Waals surface area contributed by atoms with Gasteiger partial charge in [-0.1, -0.05) is 6.07 Å². The maximum atomic E-state index is 11.4. The lowest BCUT2D eigenvalue weighted by molar-refractivity contribution is -0.130. The van der Waals surface area contributed by atoms with Crippen molar-refractivity contribution in [3.63, 3.8) is 0 Å². The summed E-state index contributed by atoms with van der Waals surface area (Å²) >= 11 is 0. The number of carbonyl (C=O) groups excluding carboxylic acids is 2. The van der Waals surface area contributed by atoms with E-state index in [-0.39, 0.29) is 11.6 Å². The molecule has 0 bridgehead atoms. The SMILES string of the molecule is CC(=O)C(Cc1ccc2occc2c1)C(C)=O. The molecular formula is C14H14O3. The largest absolute Gasteiger partial charge is 0.464 e. The highest BCUT2D eigenvalue weighted by molar-refractivity contribution is 6.00. The molecule has 3 heteroatoms. The molecule has 0 N–H and O–H groups in total. The van der Waals surface area contributed by atoms with Crippen molar-refractivity contribution in [1.29, 1.82) is 0 Å². The quantitative estimate of drug-likeness (QED) is 0.759. The standard InChI is InChI=1S/C14H14O3/c1-9(15)13(10(2)16)8-11-3-4-14-12(7-11)5-6-17-14/h3-7,13H,8H2,1-2H3. The number of fused-ring (bicyclic) bond motifs is 1. The molecule has 0 aliphatic heterocycles. The molecule has 0 aliphatic carbocycles. The summed E-state index contributed by atoms with van der Waals surface area (Å²) in [6.07, 6.45) is 2.09. The number of Topliss-reactive ketones (excluding diaryl/α,β-unsaturated/α-hetero) is 2. The lowest BCUT2D eigenvalue weighted by Crippen LogP contribution is -2.21. The van der Waals surface area contributed by atoms with Crippen LogP contribution in [0.25, 0.3) is 11.0 Å². The maximum Gasteiger partial charge on any atom is 0.140 e. The van der Waals surface area contributed by atoms with Gasteiger partial charge in [-0.3, -0.25) is 9.59 Å². The third kappa shape index (κ3) is 2.44. The van der Waals surface area contributed by atoms with E-state index in [9.17, 15) is 9.59 Å². The fraction of sp³-hybridized carbons (Fsp3) is 0.286. The Balaban J connectivity index is 2.27. The van der Waals surface area contributed by atoms with E-state index in [1.807, 2.05) is 24.3 Å². The van der Waals surface area contributed by atoms with E-state index in [2.05, 4.69) is 0 Å². The summed E-state index contributed by atoms with van der Waals surface area (Å²) in [6.45, 7) is 2.92. The summed E-state index contributed by atoms with van der Waals surface area (Å²) in [5.41, 5.74) is 1.80. The highest BCUT2D eigenvalue weighted by Gasteiger charge is 2.19. The third-order valence-electron chi connectivity index (χ3n) is 2.94. The Morgan fingerprint density at radius 2 is 1.88 bits per heavy atom. The molecular weight excluding hydrogens is 216 g/mol. The third-order valence-corrected chi connectivity index (χ3v) is 2.94. The molecule has 0 unspecified atom stereocenters. The van der Waals surface area contributed by atoms with E-state index in [0.717, 1.165) is 16.5 Å². The number of hydrogen-bond acceptors (Lipinski definition) is 3. The number of ketones is 2. The van der Waals surface area contributed by atoms with Crippen LogP contribution < -0.4 is 0 Å². The van der Waals surface area contributed by atoms with Gasteiger partial charge < -0.3 is 4.42 Å². The van der Waals surface area contributed by atoms with E-state index >= 15 is 0 Å². The van der Waals surface area contributed by atoms with E-state index in [4.69, 9.17) is 4.42 Å². The van der Waals surface area contributed by atoms with Crippen LogP contribution in [0, 0.1) is 5.92 Å². The first-order valence-corrected chi connectivity index (χ1v) is 5.55. The topological polar surface area (TPSA) is 47.3 Å². The molecule has 0 atom stereocenters. The minimum absolute atomic E-state index is 0.0789. The van der Waals surface area contributed by atoms with Gasteiger partial charge in [0.1, 0.15) is 17.1 Å². The van der Waals surface area contributed by atoms with Crippen LogP contribution in [0.3, 0.4) is 0 Å². The van der Waals surface area contributed by atoms with Crippen molar-refractivity contribution in [3.8, 4) is 0 Å². The zero-order valence-corrected chi connectivity index (χ0v) is 9.90. The second-order valence-electron chi connectivity index (χ2n) is 4.27. The zero-order chi connectivity index (χ0) is 12.4. The van der Waals surface area contributed by atoms with Crippen LogP contribution in [0.15, 0.2) is 34.9 Å². The van der Waals surface area contributed by atoms with Crippen LogP contribution in [-0.4, -0.2) is 11.6 Å². The molecule has 17 heavy (non-hydrogen) atoms. The van der Waals surface area contributed by atoms with Crippen molar-refractivity contribution >= 4 is 22.5 Å². The minimum atomic E-state index is -0.528. The van der Waals surface area contributed by atoms with Crippen molar-refractivity contribution in [2.75, 3.05) is 0 Å². The van der Waals surface area contributed by atoms with E-state index in [1.165, 1.54) is 13.8 Å². The maximum absolute atomic E-state index is 11.4. The molecule has 0 fully saturated rings. The zero-order valence-electron chi connectivity index (χ0n) is 9.90. The molecule has 0 saturated heterocycles. The predicted octanol–water partition coefficient (Wildman–Crippen LogP) is 2.77. The Labute approximate surface area is 99.4 Å². The fourth-order valence-corrected chi connectivity index (χ4v) is 1.95. The van der Waals surface area contributed by atoms with Gasteiger partial charge in [0.25, 0.3) is 0 Å². The number of rotatable bonds is 4. The monoisotopic (exact) mass is 230 g/mol. The van der Waals surface area contributed by atoms with Crippen LogP contribution in [0.4, 0.5) is 0 Å². The van der Waals surface area contributed by atoms with E-state index in [0.29, 0.717) is 6.42 Å². The van der Waals surface area contributed by atoms with Crippen LogP contribution in [0.2, 0.25) is 0 Å². The molecule has 0 radical (unpaired) electrons. The minimum Gasteiger partial charge on any atom is -0.464 e. The summed E-state index contributed by atoms with van der Waals surface area (Å²) in [5.74, 6) is -0.686. The lowest BCUT2D eigenvalue weighted by Gasteiger charge is -2.09. The van der Waals surface area contributed by atoms with Gasteiger partial charge in [-0.25, -0.2) is 0 Å². The Hall–Kier alpha value is -1.90. The summed E-state index contributed by atoms with van der Waals surface area (Å²) in [6, 6.07) is 7.58. The average molecular weight is 230 g/mol. The smallest absolute Gasteiger partial charge is 0.140 e. The van der Waals surface area contributed by atoms with Crippen LogP contribution in [0.5, 0.6) is 0 Å². The van der Waals surface area contributed by atoms with Crippen LogP contribution >= 0.6 is 0 Å². The van der Waals surface area contributed by atoms with Gasteiger partial charge in [-0.05, 0) is 44.0 Å². The number of hydrogen-bond donors (Lipinski definition) is 0. The van der Waals surface area contributed by atoms with Gasteiger partial charge in [-0.15, -0.1) is 0 Å². The molecule has 0 spiro atoms. The van der Waals surface area contributed by atoms with Gasteiger partial charge in [0.15, 0.2) is 0 Å². The first kappa shape index (κ1) is 11.6. The summed E-state index contributed by atoms with van der Waals surface area (Å²) < 4.78 is 5.24. The fourth-order valence-electron chi connectivity index (χ4n) is 1.95. The van der Waals surface area contributed by atoms with Crippen LogP contribution in [-0.2, 0) is 16.0 Å². The number of benzene rings is 1. The Morgan fingerprint density at radius 1 is 1.18 bits per heavy atom. The van der Waals surface area contributed by atoms with Gasteiger partial charge >= 0.3 is 0 Å². The molecule has 3 nitrogen and oxygen atoms in total. The van der Waals surface area contributed by atoms with Gasteiger partial charge in [0, 0.05) is 5.39 Å². The molecule has 0 saturated carbocycles. The Bertz CT molecular complexity index is 552. The van der Waals surface area contributed by atoms with Crippen molar-refractivity contribution in [2.45, 2.75) is 20.3 Å². The number of furan rings is 1. The molecule has 1 aromatic heterocycles. The van der Waals surface area contributed by atoms with E-state index in [1.54, 1.807) is 6.26 Å². The number of carbonyl (C=O) groups is 2. The van der Waals surface area contributed by atoms with Crippen molar-refractivity contribution in [3.05, 3.63) is 36.1 Å². The van der Waals surface area contributed by atoms with Crippen molar-refractivity contribution in [1.82, 2.24) is 0 Å². The molecule has 2 rings (SSSR count). The Morgan fingerprint density at radius 3 is 2.53 bits per heavy atom. The van der Waals surface area contributed by atoms with Crippen LogP contribution in [0.1, 0.15) is 19.4 Å². The molecule has 2 aromatic rings. The predicted molar refractivity (Wildman–Crippen MR) is 64.8 cm³/mol. The molecule has 0 aliphatic rings. The van der Waals surface area contributed by atoms with Gasteiger partial charge in [-0.2, -0.15) is 0 Å². The molecule has 1 heterocycles. The second-order valence-corrected chi connectivity index (χ2v) is 4.27. The normalized spacial score (nSPS) is 11.0. The summed E-state index contributed by atoms with van der Waals surface area (Å²) in [7, 11) is 0. The first-order valence-electron chi connectivity index (χ1n) is 5.55. The highest BCUT2D eigenvalue weighted by atomic mass is 16.3. The highest BCUT2D eigenvalue weighted by Crippen LogP contribution is 2.19. The molecule has 0 amide bonds. The van der Waals surface area contributed by atoms with Gasteiger partial charge in [0.2, 0.25) is 0 Å². The molecule has 88 valence electrons. The van der Waals surface area contributed by atoms with Crippen molar-refractivity contribution in [2.24, 2.45) is 5.92 Å². The lowest BCUT2D eigenvalue weighted by atomic mass is 9.92. The molecule has 1 aromatic carbocycles. The second kappa shape index (κ2) is 4.53. The van der Waals surface area contributed by atoms with Crippen molar-refractivity contribution < 1.29 is 14.0 Å². The summed E-state index contributed by atoms with van der Waals surface area (Å²) in [5, 5.41) is 0.994. The average Bonchev–Trinajstić information content (AvgIpc) is 2.71. The Kier molecular flexibility index (Phi) is 3.09. The first-order chi connectivity index (χ1) is 8.08. The summed E-state index contributed by atoms with van der Waals surface area (Å²) in [4.78, 5) is 22.7. The van der Waals surface area contributed by atoms with E-state index < -0.39 is 5.92 Å².